The van der Waals surface area contributed by atoms with E-state index in [4.69, 9.17) is 28.4 Å². The van der Waals surface area contributed by atoms with E-state index in [9.17, 15) is 0 Å². The van der Waals surface area contributed by atoms with E-state index >= 15 is 0 Å². The van der Waals surface area contributed by atoms with Crippen molar-refractivity contribution in [3.8, 4) is 0 Å². The molecule has 1 aliphatic rings. The SMILES string of the molecule is CCCCOCC1O[C@H](OC)[C@H](OCCCC)C(OCCCC)[C@@H]1OCCCC. The van der Waals surface area contributed by atoms with Crippen LogP contribution in [0, 0.1) is 0 Å². The van der Waals surface area contributed by atoms with Crippen molar-refractivity contribution in [3.05, 3.63) is 0 Å². The fourth-order valence-corrected chi connectivity index (χ4v) is 3.31. The van der Waals surface area contributed by atoms with Crippen molar-refractivity contribution >= 4 is 0 Å². The van der Waals surface area contributed by atoms with Gasteiger partial charge in [0.05, 0.1) is 6.61 Å². The lowest BCUT2D eigenvalue weighted by atomic mass is 9.98. The molecule has 1 rings (SSSR count). The van der Waals surface area contributed by atoms with Gasteiger partial charge in [-0.15, -0.1) is 0 Å². The zero-order valence-corrected chi connectivity index (χ0v) is 19.5. The Balaban J connectivity index is 2.92. The highest BCUT2D eigenvalue weighted by Gasteiger charge is 2.48. The van der Waals surface area contributed by atoms with Crippen molar-refractivity contribution in [1.82, 2.24) is 0 Å². The van der Waals surface area contributed by atoms with Crippen molar-refractivity contribution in [3.63, 3.8) is 0 Å². The van der Waals surface area contributed by atoms with Gasteiger partial charge in [0.2, 0.25) is 0 Å². The second-order valence-corrected chi connectivity index (χ2v) is 7.77. The third kappa shape index (κ3) is 10.1. The highest BCUT2D eigenvalue weighted by atomic mass is 16.7. The van der Waals surface area contributed by atoms with Gasteiger partial charge >= 0.3 is 0 Å². The number of hydrogen-bond acceptors (Lipinski definition) is 6. The van der Waals surface area contributed by atoms with E-state index in [0.717, 1.165) is 58.0 Å². The van der Waals surface area contributed by atoms with E-state index in [0.29, 0.717) is 26.4 Å². The molecule has 0 spiro atoms. The van der Waals surface area contributed by atoms with Crippen LogP contribution in [-0.2, 0) is 28.4 Å². The van der Waals surface area contributed by atoms with Crippen LogP contribution in [0.1, 0.15) is 79.1 Å². The molecule has 5 atom stereocenters. The standard InChI is InChI=1S/C23H46O6/c1-6-10-14-25-18-19-20(26-15-11-7-2)21(27-16-12-8-3)22(23(24-5)29-19)28-17-13-9-4/h19-23H,6-18H2,1-5H3/t19?,20-,21?,22-,23+/m1/s1. The van der Waals surface area contributed by atoms with E-state index < -0.39 is 6.29 Å². The minimum Gasteiger partial charge on any atom is -0.379 e. The van der Waals surface area contributed by atoms with Crippen LogP contribution in [0.3, 0.4) is 0 Å². The van der Waals surface area contributed by atoms with Crippen LogP contribution in [-0.4, -0.2) is 70.9 Å². The molecule has 0 N–H and O–H groups in total. The van der Waals surface area contributed by atoms with Gasteiger partial charge in [-0.2, -0.15) is 0 Å². The molecule has 1 fully saturated rings. The van der Waals surface area contributed by atoms with Crippen molar-refractivity contribution < 1.29 is 28.4 Å². The Labute approximate surface area is 178 Å². The van der Waals surface area contributed by atoms with Crippen LogP contribution in [0.15, 0.2) is 0 Å². The lowest BCUT2D eigenvalue weighted by molar-refractivity contribution is -0.318. The summed E-state index contributed by atoms with van der Waals surface area (Å²) in [7, 11) is 1.66. The molecule has 6 heteroatoms. The van der Waals surface area contributed by atoms with Gasteiger partial charge in [-0.1, -0.05) is 53.4 Å². The number of methoxy groups -OCH3 is 1. The molecular formula is C23H46O6. The summed E-state index contributed by atoms with van der Waals surface area (Å²) in [6.45, 7) is 11.9. The maximum absolute atomic E-state index is 6.33. The Morgan fingerprint density at radius 3 is 1.62 bits per heavy atom. The third-order valence-electron chi connectivity index (χ3n) is 5.17. The van der Waals surface area contributed by atoms with Crippen LogP contribution in [0.25, 0.3) is 0 Å². The summed E-state index contributed by atoms with van der Waals surface area (Å²) in [5.41, 5.74) is 0. The van der Waals surface area contributed by atoms with E-state index in [2.05, 4.69) is 27.7 Å². The summed E-state index contributed by atoms with van der Waals surface area (Å²) in [5, 5.41) is 0. The number of unbranched alkanes of at least 4 members (excludes halogenated alkanes) is 4. The first-order chi connectivity index (χ1) is 14.2. The summed E-state index contributed by atoms with van der Waals surface area (Å²) in [6.07, 6.45) is 6.96. The Kier molecular flexibility index (Phi) is 16.1. The van der Waals surface area contributed by atoms with Gasteiger partial charge in [-0.05, 0) is 25.7 Å². The molecule has 6 nitrogen and oxygen atoms in total. The summed E-state index contributed by atoms with van der Waals surface area (Å²) >= 11 is 0. The highest BCUT2D eigenvalue weighted by Crippen LogP contribution is 2.29. The predicted molar refractivity (Wildman–Crippen MR) is 115 cm³/mol. The van der Waals surface area contributed by atoms with Gasteiger partial charge < -0.3 is 28.4 Å². The molecule has 0 aromatic carbocycles. The Morgan fingerprint density at radius 2 is 1.10 bits per heavy atom. The van der Waals surface area contributed by atoms with Crippen molar-refractivity contribution in [2.45, 2.75) is 110 Å². The van der Waals surface area contributed by atoms with E-state index in [-0.39, 0.29) is 24.4 Å². The van der Waals surface area contributed by atoms with Crippen LogP contribution in [0.5, 0.6) is 0 Å². The predicted octanol–water partition coefficient (Wildman–Crippen LogP) is 4.73. The van der Waals surface area contributed by atoms with Crippen LogP contribution in [0.4, 0.5) is 0 Å². The molecule has 1 aliphatic heterocycles. The van der Waals surface area contributed by atoms with Gasteiger partial charge in [-0.25, -0.2) is 0 Å². The molecule has 29 heavy (non-hydrogen) atoms. The van der Waals surface area contributed by atoms with Gasteiger partial charge in [0.15, 0.2) is 6.29 Å². The van der Waals surface area contributed by atoms with Gasteiger partial charge in [0.25, 0.3) is 0 Å². The molecule has 0 aromatic heterocycles. The van der Waals surface area contributed by atoms with Crippen molar-refractivity contribution in [2.75, 3.05) is 40.1 Å². The lowest BCUT2D eigenvalue weighted by Gasteiger charge is -2.45. The summed E-state index contributed by atoms with van der Waals surface area (Å²) in [6, 6.07) is 0. The average molecular weight is 419 g/mol. The molecule has 0 aliphatic carbocycles. The van der Waals surface area contributed by atoms with Crippen LogP contribution in [0.2, 0.25) is 0 Å². The Hall–Kier alpha value is -0.240. The zero-order valence-electron chi connectivity index (χ0n) is 19.5. The van der Waals surface area contributed by atoms with Gasteiger partial charge in [0.1, 0.15) is 24.4 Å². The molecule has 0 aromatic rings. The quantitative estimate of drug-likeness (QED) is 0.300. The summed E-state index contributed by atoms with van der Waals surface area (Å²) in [4.78, 5) is 0. The Bertz CT molecular complexity index is 367. The van der Waals surface area contributed by atoms with Crippen molar-refractivity contribution in [1.29, 1.82) is 0 Å². The normalized spacial score (nSPS) is 27.4. The molecule has 2 unspecified atom stereocenters. The molecule has 174 valence electrons. The average Bonchev–Trinajstić information content (AvgIpc) is 2.73. The molecule has 1 saturated heterocycles. The van der Waals surface area contributed by atoms with Gasteiger partial charge in [-0.3, -0.25) is 0 Å². The first-order valence-corrected chi connectivity index (χ1v) is 11.8. The summed E-state index contributed by atoms with van der Waals surface area (Å²) < 4.78 is 36.7. The minimum atomic E-state index is -0.482. The number of rotatable bonds is 18. The van der Waals surface area contributed by atoms with E-state index in [1.165, 1.54) is 0 Å². The van der Waals surface area contributed by atoms with Crippen LogP contribution >= 0.6 is 0 Å². The molecule has 0 saturated carbocycles. The van der Waals surface area contributed by atoms with E-state index in [1.807, 2.05) is 0 Å². The molecule has 0 bridgehead atoms. The smallest absolute Gasteiger partial charge is 0.186 e. The molecule has 0 amide bonds. The fraction of sp³-hybridized carbons (Fsp3) is 1.00. The highest BCUT2D eigenvalue weighted by molar-refractivity contribution is 4.93. The maximum atomic E-state index is 6.33. The molecular weight excluding hydrogens is 372 g/mol. The third-order valence-corrected chi connectivity index (χ3v) is 5.17. The van der Waals surface area contributed by atoms with Gasteiger partial charge in [0, 0.05) is 33.5 Å². The number of hydrogen-bond donors (Lipinski definition) is 0. The monoisotopic (exact) mass is 418 g/mol. The van der Waals surface area contributed by atoms with Crippen molar-refractivity contribution in [2.24, 2.45) is 0 Å². The molecule has 1 heterocycles. The lowest BCUT2D eigenvalue weighted by Crippen LogP contribution is -2.62. The zero-order chi connectivity index (χ0) is 21.3. The second-order valence-electron chi connectivity index (χ2n) is 7.77. The first-order valence-electron chi connectivity index (χ1n) is 11.8. The fourth-order valence-electron chi connectivity index (χ4n) is 3.31. The Morgan fingerprint density at radius 1 is 0.621 bits per heavy atom. The van der Waals surface area contributed by atoms with Crippen LogP contribution < -0.4 is 0 Å². The largest absolute Gasteiger partial charge is 0.379 e. The topological polar surface area (TPSA) is 55.4 Å². The maximum Gasteiger partial charge on any atom is 0.186 e. The summed E-state index contributed by atoms with van der Waals surface area (Å²) in [5.74, 6) is 0. The number of ether oxygens (including phenoxy) is 6. The minimum absolute atomic E-state index is 0.224. The van der Waals surface area contributed by atoms with E-state index in [1.54, 1.807) is 7.11 Å². The second kappa shape index (κ2) is 17.4. The molecule has 0 radical (unpaired) electrons. The first kappa shape index (κ1) is 26.8.